The van der Waals surface area contributed by atoms with E-state index in [1.807, 2.05) is 0 Å². The molecular formula is C11H22N4. The predicted molar refractivity (Wildman–Crippen MR) is 63.1 cm³/mol. The Balaban J connectivity index is 1.74. The Kier molecular flexibility index (Phi) is 3.83. The monoisotopic (exact) mass is 210 g/mol. The lowest BCUT2D eigenvalue weighted by atomic mass is 9.98. The second-order valence-corrected chi connectivity index (χ2v) is 4.55. The number of piperidine rings is 1. The molecule has 2 heterocycles. The number of hydrogen-bond acceptors (Lipinski definition) is 4. The number of rotatable bonds is 2. The molecule has 1 saturated heterocycles. The maximum atomic E-state index is 4.51. The van der Waals surface area contributed by atoms with Crippen molar-refractivity contribution in [2.75, 3.05) is 39.8 Å². The smallest absolute Gasteiger partial charge is 0.193 e. The van der Waals surface area contributed by atoms with Crippen molar-refractivity contribution in [2.45, 2.75) is 19.3 Å². The van der Waals surface area contributed by atoms with Gasteiger partial charge in [-0.3, -0.25) is 4.99 Å². The van der Waals surface area contributed by atoms with Gasteiger partial charge in [0.05, 0.1) is 0 Å². The number of guanidine groups is 1. The van der Waals surface area contributed by atoms with Crippen LogP contribution in [0.5, 0.6) is 0 Å². The van der Waals surface area contributed by atoms with Crippen LogP contribution in [0.2, 0.25) is 0 Å². The van der Waals surface area contributed by atoms with Crippen LogP contribution < -0.4 is 10.6 Å². The molecule has 2 N–H and O–H groups in total. The largest absolute Gasteiger partial charge is 0.356 e. The summed E-state index contributed by atoms with van der Waals surface area (Å²) in [7, 11) is 2.12. The van der Waals surface area contributed by atoms with E-state index in [2.05, 4.69) is 27.6 Å². The third kappa shape index (κ3) is 3.09. The third-order valence-corrected chi connectivity index (χ3v) is 3.28. The quantitative estimate of drug-likeness (QED) is 0.687. The molecule has 15 heavy (non-hydrogen) atoms. The molecule has 86 valence electrons. The number of hydrogen-bond donors (Lipinski definition) is 2. The average molecular weight is 210 g/mol. The van der Waals surface area contributed by atoms with Crippen molar-refractivity contribution in [3.63, 3.8) is 0 Å². The molecule has 0 atom stereocenters. The molecule has 0 aliphatic carbocycles. The van der Waals surface area contributed by atoms with E-state index in [0.29, 0.717) is 0 Å². The average Bonchev–Trinajstić information content (AvgIpc) is 2.29. The topological polar surface area (TPSA) is 39.7 Å². The first kappa shape index (κ1) is 10.7. The second kappa shape index (κ2) is 5.35. The summed E-state index contributed by atoms with van der Waals surface area (Å²) in [6.07, 6.45) is 3.78. The van der Waals surface area contributed by atoms with Gasteiger partial charge in [-0.1, -0.05) is 0 Å². The summed E-state index contributed by atoms with van der Waals surface area (Å²) in [5.74, 6) is 1.92. The highest BCUT2D eigenvalue weighted by atomic mass is 15.3. The fourth-order valence-corrected chi connectivity index (χ4v) is 2.23. The van der Waals surface area contributed by atoms with Gasteiger partial charge in [-0.05, 0) is 38.3 Å². The Bertz CT molecular complexity index is 221. The minimum atomic E-state index is 0.823. The van der Waals surface area contributed by atoms with Crippen molar-refractivity contribution >= 4 is 5.96 Å². The van der Waals surface area contributed by atoms with Crippen LogP contribution in [0.15, 0.2) is 4.99 Å². The van der Waals surface area contributed by atoms with Gasteiger partial charge in [0.2, 0.25) is 0 Å². The van der Waals surface area contributed by atoms with Crippen molar-refractivity contribution in [1.29, 1.82) is 0 Å². The van der Waals surface area contributed by atoms with Gasteiger partial charge in [0.15, 0.2) is 5.96 Å². The predicted octanol–water partition coefficient (Wildman–Crippen LogP) is 0.267. The Morgan fingerprint density at radius 2 is 2.27 bits per heavy atom. The zero-order chi connectivity index (χ0) is 10.5. The van der Waals surface area contributed by atoms with Crippen LogP contribution in [-0.2, 0) is 0 Å². The molecule has 0 aromatic rings. The standard InChI is InChI=1S/C11H22N4/c1-15-8-2-5-13-11(15)14-9-10-3-6-12-7-4-10/h10,12H,2-9H2,1H3,(H,13,14). The van der Waals surface area contributed by atoms with Crippen LogP contribution in [0.4, 0.5) is 0 Å². The molecule has 0 saturated carbocycles. The summed E-state index contributed by atoms with van der Waals surface area (Å²) in [4.78, 5) is 6.74. The molecule has 0 aromatic heterocycles. The molecule has 4 nitrogen and oxygen atoms in total. The third-order valence-electron chi connectivity index (χ3n) is 3.28. The molecule has 2 aliphatic heterocycles. The molecule has 0 unspecified atom stereocenters. The fraction of sp³-hybridized carbons (Fsp3) is 0.909. The molecule has 0 radical (unpaired) electrons. The van der Waals surface area contributed by atoms with E-state index >= 15 is 0 Å². The van der Waals surface area contributed by atoms with Crippen LogP contribution in [0.1, 0.15) is 19.3 Å². The van der Waals surface area contributed by atoms with Crippen LogP contribution in [0, 0.1) is 5.92 Å². The minimum absolute atomic E-state index is 0.823. The first-order chi connectivity index (χ1) is 7.36. The molecule has 0 spiro atoms. The van der Waals surface area contributed by atoms with Crippen LogP contribution in [-0.4, -0.2) is 50.6 Å². The Labute approximate surface area is 92.1 Å². The summed E-state index contributed by atoms with van der Waals surface area (Å²) in [6.45, 7) is 5.56. The molecule has 1 fully saturated rings. The maximum absolute atomic E-state index is 4.51. The van der Waals surface area contributed by atoms with E-state index in [4.69, 9.17) is 0 Å². The van der Waals surface area contributed by atoms with Crippen molar-refractivity contribution in [3.05, 3.63) is 0 Å². The van der Waals surface area contributed by atoms with E-state index in [1.165, 1.54) is 32.4 Å². The lowest BCUT2D eigenvalue weighted by molar-refractivity contribution is 0.361. The van der Waals surface area contributed by atoms with Gasteiger partial charge < -0.3 is 15.5 Å². The minimum Gasteiger partial charge on any atom is -0.356 e. The van der Waals surface area contributed by atoms with Gasteiger partial charge in [0.25, 0.3) is 0 Å². The van der Waals surface area contributed by atoms with Crippen molar-refractivity contribution in [1.82, 2.24) is 15.5 Å². The van der Waals surface area contributed by atoms with E-state index < -0.39 is 0 Å². The molecule has 2 aliphatic rings. The molecule has 2 rings (SSSR count). The Morgan fingerprint density at radius 1 is 1.47 bits per heavy atom. The molecular weight excluding hydrogens is 188 g/mol. The van der Waals surface area contributed by atoms with E-state index in [9.17, 15) is 0 Å². The van der Waals surface area contributed by atoms with Crippen molar-refractivity contribution in [2.24, 2.45) is 10.9 Å². The zero-order valence-electron chi connectivity index (χ0n) is 9.63. The van der Waals surface area contributed by atoms with Gasteiger partial charge in [0, 0.05) is 26.7 Å². The first-order valence-electron chi connectivity index (χ1n) is 6.06. The maximum Gasteiger partial charge on any atom is 0.193 e. The summed E-state index contributed by atoms with van der Waals surface area (Å²) in [5.41, 5.74) is 0. The number of nitrogens with zero attached hydrogens (tertiary/aromatic N) is 2. The van der Waals surface area contributed by atoms with Gasteiger partial charge in [0.1, 0.15) is 0 Å². The number of nitrogens with one attached hydrogen (secondary N) is 2. The van der Waals surface area contributed by atoms with Crippen molar-refractivity contribution < 1.29 is 0 Å². The van der Waals surface area contributed by atoms with Crippen molar-refractivity contribution in [3.8, 4) is 0 Å². The van der Waals surface area contributed by atoms with Gasteiger partial charge in [-0.2, -0.15) is 0 Å². The van der Waals surface area contributed by atoms with E-state index in [-0.39, 0.29) is 0 Å². The van der Waals surface area contributed by atoms with Gasteiger partial charge >= 0.3 is 0 Å². The zero-order valence-corrected chi connectivity index (χ0v) is 9.63. The van der Waals surface area contributed by atoms with Gasteiger partial charge in [-0.25, -0.2) is 0 Å². The molecule has 0 amide bonds. The summed E-state index contributed by atoms with van der Waals surface area (Å²) in [6, 6.07) is 0. The summed E-state index contributed by atoms with van der Waals surface area (Å²) < 4.78 is 0. The lowest BCUT2D eigenvalue weighted by Gasteiger charge is -2.28. The highest BCUT2D eigenvalue weighted by Crippen LogP contribution is 2.10. The number of aliphatic imine (C=N–C) groups is 1. The molecule has 0 bridgehead atoms. The van der Waals surface area contributed by atoms with Crippen LogP contribution in [0.3, 0.4) is 0 Å². The Hall–Kier alpha value is -0.770. The van der Waals surface area contributed by atoms with Gasteiger partial charge in [-0.15, -0.1) is 0 Å². The highest BCUT2D eigenvalue weighted by Gasteiger charge is 2.15. The van der Waals surface area contributed by atoms with Crippen LogP contribution in [0.25, 0.3) is 0 Å². The highest BCUT2D eigenvalue weighted by molar-refractivity contribution is 5.80. The second-order valence-electron chi connectivity index (χ2n) is 4.55. The normalized spacial score (nSPS) is 23.8. The van der Waals surface area contributed by atoms with E-state index in [1.54, 1.807) is 0 Å². The summed E-state index contributed by atoms with van der Waals surface area (Å²) in [5, 5.41) is 6.88. The molecule has 0 aromatic carbocycles. The fourth-order valence-electron chi connectivity index (χ4n) is 2.23. The molecule has 4 heteroatoms. The summed E-state index contributed by atoms with van der Waals surface area (Å²) >= 11 is 0. The SMILES string of the molecule is CN1CCCN=C1NCC1CCNCC1. The van der Waals surface area contributed by atoms with E-state index in [0.717, 1.165) is 31.5 Å². The Morgan fingerprint density at radius 3 is 3.00 bits per heavy atom. The van der Waals surface area contributed by atoms with Crippen LogP contribution >= 0.6 is 0 Å². The first-order valence-corrected chi connectivity index (χ1v) is 6.06. The lowest BCUT2D eigenvalue weighted by Crippen LogP contribution is -2.45.